The van der Waals surface area contributed by atoms with Crippen molar-refractivity contribution in [2.75, 3.05) is 6.54 Å². The molecule has 9 nitrogen and oxygen atoms in total. The molecular weight excluding hydrogens is 280 g/mol. The summed E-state index contributed by atoms with van der Waals surface area (Å²) in [6.45, 7) is 2.79. The zero-order chi connectivity index (χ0) is 16.6. The minimum Gasteiger partial charge on any atom is -0.478 e. The largest absolute Gasteiger partial charge is 0.478 e. The second-order valence-corrected chi connectivity index (χ2v) is 4.32. The SMILES string of the molecule is C/C(C(=O)O)=C(\C)C(=O)OC(=O)[C@@H](N)CCCN=C(N)N. The summed E-state index contributed by atoms with van der Waals surface area (Å²) in [5.74, 6) is -3.29. The minimum atomic E-state index is -1.27. The lowest BCUT2D eigenvalue weighted by Gasteiger charge is -2.10. The summed E-state index contributed by atoms with van der Waals surface area (Å²) >= 11 is 0. The van der Waals surface area contributed by atoms with Gasteiger partial charge >= 0.3 is 17.9 Å². The Morgan fingerprint density at radius 3 is 2.24 bits per heavy atom. The molecule has 0 aliphatic rings. The highest BCUT2D eigenvalue weighted by atomic mass is 16.6. The molecule has 0 unspecified atom stereocenters. The van der Waals surface area contributed by atoms with E-state index in [2.05, 4.69) is 9.73 Å². The molecule has 0 aliphatic heterocycles. The Morgan fingerprint density at radius 1 is 1.19 bits per heavy atom. The monoisotopic (exact) mass is 300 g/mol. The van der Waals surface area contributed by atoms with Crippen molar-refractivity contribution in [1.29, 1.82) is 0 Å². The molecule has 118 valence electrons. The van der Waals surface area contributed by atoms with Gasteiger partial charge in [0.1, 0.15) is 6.04 Å². The average molecular weight is 300 g/mol. The van der Waals surface area contributed by atoms with Gasteiger partial charge in [-0.05, 0) is 26.7 Å². The molecular formula is C12H20N4O5. The standard InChI is InChI=1S/C12H20N4O5/c1-6(9(17)18)7(2)10(19)21-11(20)8(13)4-3-5-16-12(14)15/h8H,3-5,13H2,1-2H3,(H,17,18)(H4,14,15,16)/b7-6-/t8-/m0/s1. The van der Waals surface area contributed by atoms with E-state index in [0.29, 0.717) is 13.0 Å². The number of carboxylic acids is 1. The average Bonchev–Trinajstić information content (AvgIpc) is 2.40. The molecule has 1 atom stereocenters. The number of ether oxygens (including phenoxy) is 1. The van der Waals surface area contributed by atoms with Gasteiger partial charge in [-0.3, -0.25) is 4.99 Å². The molecule has 0 heterocycles. The lowest BCUT2D eigenvalue weighted by atomic mass is 10.1. The maximum atomic E-state index is 11.6. The predicted molar refractivity (Wildman–Crippen MR) is 75.0 cm³/mol. The van der Waals surface area contributed by atoms with Crippen molar-refractivity contribution in [1.82, 2.24) is 0 Å². The summed E-state index contributed by atoms with van der Waals surface area (Å²) in [5, 5.41) is 8.72. The van der Waals surface area contributed by atoms with E-state index in [1.54, 1.807) is 0 Å². The Labute approximate surface area is 121 Å². The normalized spacial score (nSPS) is 12.9. The molecule has 0 aliphatic carbocycles. The Bertz CT molecular complexity index is 480. The van der Waals surface area contributed by atoms with Crippen LogP contribution >= 0.6 is 0 Å². The Morgan fingerprint density at radius 2 is 1.76 bits per heavy atom. The number of guanidine groups is 1. The smallest absolute Gasteiger partial charge is 0.341 e. The topological polar surface area (TPSA) is 171 Å². The molecule has 0 radical (unpaired) electrons. The molecule has 0 rings (SSSR count). The first-order valence-electron chi connectivity index (χ1n) is 6.14. The summed E-state index contributed by atoms with van der Waals surface area (Å²) in [4.78, 5) is 37.5. The Kier molecular flexibility index (Phi) is 7.69. The molecule has 0 bridgehead atoms. The van der Waals surface area contributed by atoms with Gasteiger partial charge in [0.25, 0.3) is 0 Å². The molecule has 21 heavy (non-hydrogen) atoms. The zero-order valence-corrected chi connectivity index (χ0v) is 12.0. The molecule has 0 spiro atoms. The van der Waals surface area contributed by atoms with Gasteiger partial charge in [0, 0.05) is 17.7 Å². The fraction of sp³-hybridized carbons (Fsp3) is 0.500. The number of hydrogen-bond donors (Lipinski definition) is 4. The molecule has 0 aromatic rings. The van der Waals surface area contributed by atoms with Crippen LogP contribution in [0.2, 0.25) is 0 Å². The van der Waals surface area contributed by atoms with Gasteiger partial charge in [0.05, 0.1) is 0 Å². The molecule has 0 saturated heterocycles. The van der Waals surface area contributed by atoms with E-state index in [0.717, 1.165) is 0 Å². The third kappa shape index (κ3) is 7.06. The molecule has 0 aromatic heterocycles. The first-order valence-corrected chi connectivity index (χ1v) is 6.14. The van der Waals surface area contributed by atoms with E-state index < -0.39 is 23.9 Å². The van der Waals surface area contributed by atoms with Crippen LogP contribution in [0.5, 0.6) is 0 Å². The van der Waals surface area contributed by atoms with Gasteiger partial charge in [-0.15, -0.1) is 0 Å². The number of esters is 2. The van der Waals surface area contributed by atoms with Crippen LogP contribution in [0.25, 0.3) is 0 Å². The van der Waals surface area contributed by atoms with Gasteiger partial charge in [-0.1, -0.05) is 0 Å². The molecule has 9 heteroatoms. The van der Waals surface area contributed by atoms with Crippen molar-refractivity contribution in [3.05, 3.63) is 11.1 Å². The number of rotatable bonds is 7. The second kappa shape index (κ2) is 8.69. The number of nitrogens with zero attached hydrogens (tertiary/aromatic N) is 1. The highest BCUT2D eigenvalue weighted by molar-refractivity contribution is 6.02. The van der Waals surface area contributed by atoms with Crippen LogP contribution in [0.1, 0.15) is 26.7 Å². The van der Waals surface area contributed by atoms with Crippen LogP contribution in [0, 0.1) is 0 Å². The van der Waals surface area contributed by atoms with E-state index >= 15 is 0 Å². The van der Waals surface area contributed by atoms with Crippen molar-refractivity contribution in [2.45, 2.75) is 32.7 Å². The third-order valence-corrected chi connectivity index (χ3v) is 2.65. The summed E-state index contributed by atoms with van der Waals surface area (Å²) < 4.78 is 4.51. The van der Waals surface area contributed by atoms with Crippen molar-refractivity contribution < 1.29 is 24.2 Å². The number of nitrogens with two attached hydrogens (primary N) is 3. The van der Waals surface area contributed by atoms with E-state index in [9.17, 15) is 14.4 Å². The number of hydrogen-bond acceptors (Lipinski definition) is 6. The van der Waals surface area contributed by atoms with Crippen LogP contribution in [0.4, 0.5) is 0 Å². The number of aliphatic carboxylic acids is 1. The summed E-state index contributed by atoms with van der Waals surface area (Å²) in [6.07, 6.45) is 0.662. The van der Waals surface area contributed by atoms with Crippen molar-refractivity contribution in [3.8, 4) is 0 Å². The third-order valence-electron chi connectivity index (χ3n) is 2.65. The maximum absolute atomic E-state index is 11.6. The fourth-order valence-corrected chi connectivity index (χ4v) is 1.19. The van der Waals surface area contributed by atoms with E-state index in [1.807, 2.05) is 0 Å². The van der Waals surface area contributed by atoms with Crippen LogP contribution in [-0.4, -0.2) is 41.6 Å². The number of carbonyl (C=O) groups excluding carboxylic acids is 2. The summed E-state index contributed by atoms with van der Waals surface area (Å²) in [6, 6.07) is -1.01. The van der Waals surface area contributed by atoms with Gasteiger partial charge < -0.3 is 27.0 Å². The van der Waals surface area contributed by atoms with Crippen molar-refractivity contribution in [2.24, 2.45) is 22.2 Å². The number of carbonyl (C=O) groups is 3. The lowest BCUT2D eigenvalue weighted by molar-refractivity contribution is -0.158. The van der Waals surface area contributed by atoms with Gasteiger partial charge in [0.15, 0.2) is 5.96 Å². The highest BCUT2D eigenvalue weighted by Crippen LogP contribution is 2.07. The van der Waals surface area contributed by atoms with Crippen LogP contribution in [0.3, 0.4) is 0 Å². The number of aliphatic imine (C=N–C) groups is 1. The molecule has 7 N–H and O–H groups in total. The first-order chi connectivity index (χ1) is 9.66. The molecule has 0 amide bonds. The Hall–Kier alpha value is -2.42. The number of carboxylic acid groups (broad SMARTS) is 1. The lowest BCUT2D eigenvalue weighted by Crippen LogP contribution is -2.34. The highest BCUT2D eigenvalue weighted by Gasteiger charge is 2.21. The first kappa shape index (κ1) is 18.6. The van der Waals surface area contributed by atoms with Crippen molar-refractivity contribution in [3.63, 3.8) is 0 Å². The van der Waals surface area contributed by atoms with Crippen LogP contribution < -0.4 is 17.2 Å². The van der Waals surface area contributed by atoms with Crippen LogP contribution in [-0.2, 0) is 19.1 Å². The molecule has 0 aromatic carbocycles. The fourth-order valence-electron chi connectivity index (χ4n) is 1.19. The molecule has 0 saturated carbocycles. The zero-order valence-electron chi connectivity index (χ0n) is 12.0. The predicted octanol–water partition coefficient (Wildman–Crippen LogP) is -1.14. The molecule has 0 fully saturated rings. The van der Waals surface area contributed by atoms with Crippen LogP contribution in [0.15, 0.2) is 16.1 Å². The van der Waals surface area contributed by atoms with E-state index in [1.165, 1.54) is 13.8 Å². The Balaban J connectivity index is 4.42. The van der Waals surface area contributed by atoms with Gasteiger partial charge in [0.2, 0.25) is 0 Å². The van der Waals surface area contributed by atoms with Crippen molar-refractivity contribution >= 4 is 23.9 Å². The van der Waals surface area contributed by atoms with E-state index in [-0.39, 0.29) is 23.5 Å². The van der Waals surface area contributed by atoms with E-state index in [4.69, 9.17) is 22.3 Å². The van der Waals surface area contributed by atoms with Gasteiger partial charge in [-0.25, -0.2) is 14.4 Å². The maximum Gasteiger partial charge on any atom is 0.341 e. The summed E-state index contributed by atoms with van der Waals surface area (Å²) in [5.41, 5.74) is 15.4. The second-order valence-electron chi connectivity index (χ2n) is 4.32. The van der Waals surface area contributed by atoms with Gasteiger partial charge in [-0.2, -0.15) is 0 Å². The quantitative estimate of drug-likeness (QED) is 0.114. The minimum absolute atomic E-state index is 0.0637. The summed E-state index contributed by atoms with van der Waals surface area (Å²) in [7, 11) is 0.